The van der Waals surface area contributed by atoms with Gasteiger partial charge in [0.15, 0.2) is 14.1 Å². The maximum Gasteiger partial charge on any atom is 0.410 e. The second-order valence-electron chi connectivity index (χ2n) is 9.17. The van der Waals surface area contributed by atoms with Gasteiger partial charge in [0.05, 0.1) is 24.8 Å². The fourth-order valence-corrected chi connectivity index (χ4v) is 4.33. The Morgan fingerprint density at radius 2 is 1.79 bits per heavy atom. The minimum atomic E-state index is -1.96. The average Bonchev–Trinajstić information content (AvgIpc) is 2.69. The molecular formula is C24H40N2O6Si. The van der Waals surface area contributed by atoms with Crippen molar-refractivity contribution in [1.29, 1.82) is 0 Å². The van der Waals surface area contributed by atoms with Crippen LogP contribution in [0.5, 0.6) is 5.75 Å². The van der Waals surface area contributed by atoms with E-state index >= 15 is 0 Å². The van der Waals surface area contributed by atoms with Crippen molar-refractivity contribution in [2.75, 3.05) is 25.1 Å². The van der Waals surface area contributed by atoms with Gasteiger partial charge in [-0.2, -0.15) is 0 Å². The number of hydrogen-bond acceptors (Lipinski definition) is 6. The summed E-state index contributed by atoms with van der Waals surface area (Å²) in [5.41, 5.74) is 0.927. The number of hydrogen-bond donors (Lipinski definition) is 1. The van der Waals surface area contributed by atoms with Crippen LogP contribution in [0.25, 0.3) is 0 Å². The normalized spacial score (nSPS) is 12.3. The molecule has 0 spiro atoms. The summed E-state index contributed by atoms with van der Waals surface area (Å²) in [5, 5.41) is 2.80. The summed E-state index contributed by atoms with van der Waals surface area (Å²) in [7, 11) is -1.96. The molecule has 1 unspecified atom stereocenters. The molecular weight excluding hydrogens is 440 g/mol. The number of anilines is 1. The van der Waals surface area contributed by atoms with Crippen molar-refractivity contribution in [2.45, 2.75) is 79.2 Å². The van der Waals surface area contributed by atoms with Crippen LogP contribution in [0.2, 0.25) is 19.6 Å². The van der Waals surface area contributed by atoms with Crippen molar-refractivity contribution in [3.8, 4) is 5.75 Å². The third-order valence-corrected chi connectivity index (χ3v) is 5.63. The van der Waals surface area contributed by atoms with Crippen LogP contribution in [-0.2, 0) is 14.0 Å². The van der Waals surface area contributed by atoms with Gasteiger partial charge in [-0.05, 0) is 72.0 Å². The molecule has 0 aliphatic rings. The van der Waals surface area contributed by atoms with E-state index in [1.807, 2.05) is 20.8 Å². The number of amides is 2. The van der Waals surface area contributed by atoms with Crippen LogP contribution in [0.4, 0.5) is 10.5 Å². The minimum Gasteiger partial charge on any atom is -0.490 e. The monoisotopic (exact) mass is 480 g/mol. The number of Topliss-reactive ketones (excluding diaryl/α,β-unsaturated/α-hetero) is 1. The number of rotatable bonds is 13. The van der Waals surface area contributed by atoms with Gasteiger partial charge in [0, 0.05) is 18.2 Å². The van der Waals surface area contributed by atoms with Gasteiger partial charge in [0.2, 0.25) is 5.91 Å². The molecule has 1 atom stereocenters. The third kappa shape index (κ3) is 10.4. The van der Waals surface area contributed by atoms with E-state index in [1.165, 1.54) is 6.92 Å². The predicted molar refractivity (Wildman–Crippen MR) is 133 cm³/mol. The summed E-state index contributed by atoms with van der Waals surface area (Å²) in [6.45, 7) is 16.0. The zero-order valence-electron chi connectivity index (χ0n) is 21.3. The lowest BCUT2D eigenvalue weighted by Gasteiger charge is -2.33. The Morgan fingerprint density at radius 1 is 1.12 bits per heavy atom. The molecule has 0 aliphatic heterocycles. The first kappa shape index (κ1) is 28.6. The van der Waals surface area contributed by atoms with Crippen LogP contribution < -0.4 is 10.1 Å². The van der Waals surface area contributed by atoms with Crippen molar-refractivity contribution in [3.63, 3.8) is 0 Å². The van der Waals surface area contributed by atoms with E-state index in [0.29, 0.717) is 36.6 Å². The SMILES string of the molecule is CCCC(=O)Nc1ccc(OCC(CN(C(=O)OCC)C(C)C)O[Si](C)(C)C)c(C(C)=O)c1. The van der Waals surface area contributed by atoms with Gasteiger partial charge < -0.3 is 24.1 Å². The van der Waals surface area contributed by atoms with Crippen molar-refractivity contribution in [1.82, 2.24) is 4.90 Å². The number of ether oxygens (including phenoxy) is 2. The second-order valence-corrected chi connectivity index (χ2v) is 13.6. The van der Waals surface area contributed by atoms with Crippen molar-refractivity contribution in [2.24, 2.45) is 0 Å². The molecule has 0 aromatic heterocycles. The lowest BCUT2D eigenvalue weighted by Crippen LogP contribution is -2.47. The molecule has 2 amide bonds. The number of benzene rings is 1. The highest BCUT2D eigenvalue weighted by atomic mass is 28.4. The third-order valence-electron chi connectivity index (χ3n) is 4.59. The van der Waals surface area contributed by atoms with Gasteiger partial charge in [-0.25, -0.2) is 4.79 Å². The molecule has 8 nitrogen and oxygen atoms in total. The topological polar surface area (TPSA) is 94.2 Å². The van der Waals surface area contributed by atoms with E-state index in [4.69, 9.17) is 13.9 Å². The summed E-state index contributed by atoms with van der Waals surface area (Å²) in [6, 6.07) is 4.94. The largest absolute Gasteiger partial charge is 0.490 e. The van der Waals surface area contributed by atoms with Crippen LogP contribution >= 0.6 is 0 Å². The van der Waals surface area contributed by atoms with Crippen molar-refractivity contribution < 1.29 is 28.3 Å². The molecule has 186 valence electrons. The summed E-state index contributed by atoms with van der Waals surface area (Å²) >= 11 is 0. The summed E-state index contributed by atoms with van der Waals surface area (Å²) in [4.78, 5) is 38.2. The van der Waals surface area contributed by atoms with Gasteiger partial charge in [-0.1, -0.05) is 6.92 Å². The molecule has 0 radical (unpaired) electrons. The molecule has 0 saturated carbocycles. The maximum absolute atomic E-state index is 12.4. The molecule has 1 rings (SSSR count). The van der Waals surface area contributed by atoms with E-state index in [-0.39, 0.29) is 24.3 Å². The lowest BCUT2D eigenvalue weighted by molar-refractivity contribution is -0.116. The number of nitrogens with one attached hydrogen (secondary N) is 1. The van der Waals surface area contributed by atoms with Crippen LogP contribution in [0.1, 0.15) is 57.8 Å². The molecule has 0 saturated heterocycles. The van der Waals surface area contributed by atoms with E-state index < -0.39 is 20.5 Å². The average molecular weight is 481 g/mol. The highest BCUT2D eigenvalue weighted by Crippen LogP contribution is 2.25. The number of carbonyl (C=O) groups is 3. The Bertz CT molecular complexity index is 807. The highest BCUT2D eigenvalue weighted by molar-refractivity contribution is 6.69. The molecule has 9 heteroatoms. The maximum atomic E-state index is 12.4. The molecule has 0 bridgehead atoms. The first-order chi connectivity index (χ1) is 15.4. The van der Waals surface area contributed by atoms with Crippen LogP contribution in [0.15, 0.2) is 18.2 Å². The van der Waals surface area contributed by atoms with E-state index in [1.54, 1.807) is 30.0 Å². The van der Waals surface area contributed by atoms with Gasteiger partial charge in [0.1, 0.15) is 12.4 Å². The Balaban J connectivity index is 3.06. The summed E-state index contributed by atoms with van der Waals surface area (Å²) < 4.78 is 17.5. The molecule has 0 heterocycles. The molecule has 0 fully saturated rings. The van der Waals surface area contributed by atoms with E-state index in [0.717, 1.165) is 6.42 Å². The standard InChI is InChI=1S/C24H40N2O6Si/c1-9-11-23(28)25-19-12-13-22(21(14-19)18(5)27)31-16-20(32-33(6,7)8)15-26(17(3)4)24(29)30-10-2/h12-14,17,20H,9-11,15-16H2,1-8H3,(H,25,28). The Hall–Kier alpha value is -2.39. The predicted octanol–water partition coefficient (Wildman–Crippen LogP) is 5.09. The van der Waals surface area contributed by atoms with Crippen LogP contribution in [-0.4, -0.2) is 62.9 Å². The molecule has 33 heavy (non-hydrogen) atoms. The Morgan fingerprint density at radius 3 is 2.30 bits per heavy atom. The minimum absolute atomic E-state index is 0.0735. The summed E-state index contributed by atoms with van der Waals surface area (Å²) in [5.74, 6) is 0.138. The summed E-state index contributed by atoms with van der Waals surface area (Å²) in [6.07, 6.45) is 0.362. The first-order valence-corrected chi connectivity index (χ1v) is 15.0. The highest BCUT2D eigenvalue weighted by Gasteiger charge is 2.28. The van der Waals surface area contributed by atoms with Gasteiger partial charge >= 0.3 is 6.09 Å². The van der Waals surface area contributed by atoms with E-state index in [9.17, 15) is 14.4 Å². The number of carbonyl (C=O) groups excluding carboxylic acids is 3. The number of ketones is 1. The smallest absolute Gasteiger partial charge is 0.410 e. The lowest BCUT2D eigenvalue weighted by atomic mass is 10.1. The van der Waals surface area contributed by atoms with Crippen molar-refractivity contribution in [3.05, 3.63) is 23.8 Å². The zero-order valence-corrected chi connectivity index (χ0v) is 22.3. The Labute approximate surface area is 199 Å². The van der Waals surface area contributed by atoms with E-state index in [2.05, 4.69) is 25.0 Å². The van der Waals surface area contributed by atoms with Crippen molar-refractivity contribution >= 4 is 31.8 Å². The van der Waals surface area contributed by atoms with Gasteiger partial charge in [-0.3, -0.25) is 9.59 Å². The fourth-order valence-electron chi connectivity index (χ4n) is 3.19. The second kappa shape index (κ2) is 13.3. The van der Waals surface area contributed by atoms with Gasteiger partial charge in [-0.15, -0.1) is 0 Å². The fraction of sp³-hybridized carbons (Fsp3) is 0.625. The molecule has 1 aromatic carbocycles. The molecule has 1 N–H and O–H groups in total. The zero-order chi connectivity index (χ0) is 25.2. The number of nitrogens with zero attached hydrogens (tertiary/aromatic N) is 1. The molecule has 1 aromatic rings. The first-order valence-electron chi connectivity index (χ1n) is 11.6. The molecule has 0 aliphatic carbocycles. The van der Waals surface area contributed by atoms with Crippen LogP contribution in [0.3, 0.4) is 0 Å². The Kier molecular flexibility index (Phi) is 11.6. The van der Waals surface area contributed by atoms with Gasteiger partial charge in [0.25, 0.3) is 0 Å². The van der Waals surface area contributed by atoms with Crippen LogP contribution in [0, 0.1) is 0 Å². The quantitative estimate of drug-likeness (QED) is 0.312.